The maximum absolute atomic E-state index is 12.0. The van der Waals surface area contributed by atoms with Crippen molar-refractivity contribution in [1.82, 2.24) is 10.3 Å². The first kappa shape index (κ1) is 13.2. The lowest BCUT2D eigenvalue weighted by Crippen LogP contribution is -2.39. The van der Waals surface area contributed by atoms with E-state index in [1.165, 1.54) is 0 Å². The van der Waals surface area contributed by atoms with Crippen LogP contribution < -0.4 is 5.32 Å². The molecule has 1 aromatic heterocycles. The lowest BCUT2D eigenvalue weighted by Gasteiger charge is -2.15. The van der Waals surface area contributed by atoms with Crippen LogP contribution in [0.3, 0.4) is 0 Å². The van der Waals surface area contributed by atoms with Gasteiger partial charge in [-0.2, -0.15) is 0 Å². The van der Waals surface area contributed by atoms with Gasteiger partial charge in [-0.3, -0.25) is 9.78 Å². The first-order valence-corrected chi connectivity index (χ1v) is 6.16. The van der Waals surface area contributed by atoms with E-state index in [2.05, 4.69) is 10.3 Å². The minimum absolute atomic E-state index is 0.116. The van der Waals surface area contributed by atoms with E-state index in [0.717, 1.165) is 5.69 Å². The van der Waals surface area contributed by atoms with Gasteiger partial charge in [0.1, 0.15) is 0 Å². The van der Waals surface area contributed by atoms with Crippen molar-refractivity contribution in [3.63, 3.8) is 0 Å². The van der Waals surface area contributed by atoms with Gasteiger partial charge in [-0.1, -0.05) is 24.3 Å². The number of rotatable bonds is 5. The molecule has 0 spiro atoms. The Morgan fingerprint density at radius 2 is 1.89 bits per heavy atom. The molecule has 0 aliphatic heterocycles. The fraction of sp³-hybridized carbons (Fsp3) is 0.200. The summed E-state index contributed by atoms with van der Waals surface area (Å²) in [5, 5.41) is 12.1. The average molecular weight is 256 g/mol. The normalized spacial score (nSPS) is 11.8. The van der Waals surface area contributed by atoms with E-state index in [9.17, 15) is 9.90 Å². The molecule has 19 heavy (non-hydrogen) atoms. The number of hydrogen-bond acceptors (Lipinski definition) is 3. The number of carbonyl (C=O) groups is 1. The third-order valence-electron chi connectivity index (χ3n) is 2.77. The summed E-state index contributed by atoms with van der Waals surface area (Å²) in [6.07, 6.45) is 2.21. The Morgan fingerprint density at radius 1 is 1.16 bits per heavy atom. The van der Waals surface area contributed by atoms with E-state index >= 15 is 0 Å². The Bertz CT molecular complexity index is 514. The van der Waals surface area contributed by atoms with Gasteiger partial charge < -0.3 is 10.4 Å². The van der Waals surface area contributed by atoms with Crippen molar-refractivity contribution in [2.45, 2.75) is 12.5 Å². The highest BCUT2D eigenvalue weighted by molar-refractivity contribution is 5.94. The molecule has 4 heteroatoms. The summed E-state index contributed by atoms with van der Waals surface area (Å²) in [6, 6.07) is 14.2. The van der Waals surface area contributed by atoms with Crippen LogP contribution in [0.5, 0.6) is 0 Å². The van der Waals surface area contributed by atoms with E-state index in [-0.39, 0.29) is 18.6 Å². The maximum Gasteiger partial charge on any atom is 0.251 e. The summed E-state index contributed by atoms with van der Waals surface area (Å²) in [6.45, 7) is -0.116. The van der Waals surface area contributed by atoms with Crippen LogP contribution in [0.25, 0.3) is 0 Å². The zero-order valence-electron chi connectivity index (χ0n) is 10.5. The molecular weight excluding hydrogens is 240 g/mol. The zero-order valence-corrected chi connectivity index (χ0v) is 10.5. The summed E-state index contributed by atoms with van der Waals surface area (Å²) in [7, 11) is 0. The van der Waals surface area contributed by atoms with Crippen LogP contribution in [0.4, 0.5) is 0 Å². The Balaban J connectivity index is 1.98. The number of nitrogens with one attached hydrogen (secondary N) is 1. The number of nitrogens with zero attached hydrogens (tertiary/aromatic N) is 1. The van der Waals surface area contributed by atoms with Gasteiger partial charge in [0.15, 0.2) is 0 Å². The number of hydrogen-bond donors (Lipinski definition) is 2. The fourth-order valence-corrected chi connectivity index (χ4v) is 1.79. The third kappa shape index (κ3) is 3.89. The summed E-state index contributed by atoms with van der Waals surface area (Å²) in [5.41, 5.74) is 1.43. The standard InChI is InChI=1S/C15H16N2O2/c18-11-14(10-13-8-4-5-9-16-13)17-15(19)12-6-2-1-3-7-12/h1-9,14,18H,10-11H2,(H,17,19)/t14-/m1/s1. The number of aliphatic hydroxyl groups is 1. The van der Waals surface area contributed by atoms with E-state index in [0.29, 0.717) is 12.0 Å². The fourth-order valence-electron chi connectivity index (χ4n) is 1.79. The van der Waals surface area contributed by atoms with E-state index in [4.69, 9.17) is 0 Å². The van der Waals surface area contributed by atoms with Crippen molar-refractivity contribution in [3.05, 3.63) is 66.0 Å². The molecule has 0 fully saturated rings. The summed E-state index contributed by atoms with van der Waals surface area (Å²) >= 11 is 0. The maximum atomic E-state index is 12.0. The van der Waals surface area contributed by atoms with Crippen molar-refractivity contribution in [1.29, 1.82) is 0 Å². The van der Waals surface area contributed by atoms with Gasteiger partial charge in [-0.05, 0) is 24.3 Å². The molecular formula is C15H16N2O2. The highest BCUT2D eigenvalue weighted by Crippen LogP contribution is 2.02. The van der Waals surface area contributed by atoms with Crippen LogP contribution in [0, 0.1) is 0 Å². The number of pyridine rings is 1. The summed E-state index contributed by atoms with van der Waals surface area (Å²) in [4.78, 5) is 16.1. The second-order valence-corrected chi connectivity index (χ2v) is 4.24. The molecule has 0 aliphatic carbocycles. The van der Waals surface area contributed by atoms with Gasteiger partial charge in [-0.25, -0.2) is 0 Å². The zero-order chi connectivity index (χ0) is 13.5. The molecule has 0 bridgehead atoms. The van der Waals surface area contributed by atoms with Gasteiger partial charge >= 0.3 is 0 Å². The van der Waals surface area contributed by atoms with Crippen LogP contribution in [0.15, 0.2) is 54.7 Å². The molecule has 0 saturated carbocycles. The Labute approximate surface area is 112 Å². The van der Waals surface area contributed by atoms with Crippen LogP contribution >= 0.6 is 0 Å². The number of amides is 1. The highest BCUT2D eigenvalue weighted by Gasteiger charge is 2.13. The summed E-state index contributed by atoms with van der Waals surface area (Å²) in [5.74, 6) is -0.185. The van der Waals surface area contributed by atoms with Crippen molar-refractivity contribution >= 4 is 5.91 Å². The highest BCUT2D eigenvalue weighted by atomic mass is 16.3. The first-order valence-electron chi connectivity index (χ1n) is 6.16. The number of carbonyl (C=O) groups excluding carboxylic acids is 1. The van der Waals surface area contributed by atoms with E-state index in [1.54, 1.807) is 18.3 Å². The van der Waals surface area contributed by atoms with E-state index < -0.39 is 0 Å². The molecule has 1 amide bonds. The van der Waals surface area contributed by atoms with Gasteiger partial charge in [0, 0.05) is 23.9 Å². The van der Waals surface area contributed by atoms with Crippen molar-refractivity contribution in [2.24, 2.45) is 0 Å². The van der Waals surface area contributed by atoms with Gasteiger partial charge in [0.05, 0.1) is 12.6 Å². The van der Waals surface area contributed by atoms with Crippen molar-refractivity contribution in [2.75, 3.05) is 6.61 Å². The number of benzene rings is 1. The predicted molar refractivity (Wildman–Crippen MR) is 72.7 cm³/mol. The van der Waals surface area contributed by atoms with Crippen LogP contribution in [0.1, 0.15) is 16.1 Å². The molecule has 98 valence electrons. The molecule has 1 aromatic carbocycles. The van der Waals surface area contributed by atoms with Crippen molar-refractivity contribution < 1.29 is 9.90 Å². The molecule has 2 aromatic rings. The van der Waals surface area contributed by atoms with Gasteiger partial charge in [0.25, 0.3) is 5.91 Å². The molecule has 0 unspecified atom stereocenters. The predicted octanol–water partition coefficient (Wildman–Crippen LogP) is 1.41. The average Bonchev–Trinajstić information content (AvgIpc) is 2.48. The SMILES string of the molecule is O=C(N[C@@H](CO)Cc1ccccn1)c1ccccc1. The molecule has 1 atom stereocenters. The molecule has 0 saturated heterocycles. The third-order valence-corrected chi connectivity index (χ3v) is 2.77. The lowest BCUT2D eigenvalue weighted by molar-refractivity contribution is 0.0916. The number of aliphatic hydroxyl groups excluding tert-OH is 1. The summed E-state index contributed by atoms with van der Waals surface area (Å²) < 4.78 is 0. The second kappa shape index (κ2) is 6.66. The Hall–Kier alpha value is -2.20. The molecule has 4 nitrogen and oxygen atoms in total. The molecule has 2 N–H and O–H groups in total. The van der Waals surface area contributed by atoms with Crippen LogP contribution in [0.2, 0.25) is 0 Å². The van der Waals surface area contributed by atoms with Gasteiger partial charge in [-0.15, -0.1) is 0 Å². The first-order chi connectivity index (χ1) is 9.29. The van der Waals surface area contributed by atoms with E-state index in [1.807, 2.05) is 36.4 Å². The smallest absolute Gasteiger partial charge is 0.251 e. The monoisotopic (exact) mass is 256 g/mol. The molecule has 0 radical (unpaired) electrons. The Kier molecular flexibility index (Phi) is 4.64. The minimum Gasteiger partial charge on any atom is -0.394 e. The largest absolute Gasteiger partial charge is 0.394 e. The Morgan fingerprint density at radius 3 is 2.53 bits per heavy atom. The van der Waals surface area contributed by atoms with Crippen LogP contribution in [-0.2, 0) is 6.42 Å². The lowest BCUT2D eigenvalue weighted by atomic mass is 10.1. The molecule has 2 rings (SSSR count). The molecule has 0 aliphatic rings. The topological polar surface area (TPSA) is 62.2 Å². The second-order valence-electron chi connectivity index (χ2n) is 4.24. The molecule has 1 heterocycles. The van der Waals surface area contributed by atoms with Crippen LogP contribution in [-0.4, -0.2) is 28.6 Å². The number of aromatic nitrogens is 1. The minimum atomic E-state index is -0.331. The van der Waals surface area contributed by atoms with Crippen molar-refractivity contribution in [3.8, 4) is 0 Å². The van der Waals surface area contributed by atoms with Gasteiger partial charge in [0.2, 0.25) is 0 Å². The quantitative estimate of drug-likeness (QED) is 0.850.